The molecule has 0 saturated carbocycles. The number of hydrogen-bond acceptors (Lipinski definition) is 3. The third-order valence-corrected chi connectivity index (χ3v) is 2.72. The van der Waals surface area contributed by atoms with Crippen LogP contribution in [0.1, 0.15) is 30.2 Å². The predicted octanol–water partition coefficient (Wildman–Crippen LogP) is 0.993. The summed E-state index contributed by atoms with van der Waals surface area (Å²) in [5, 5.41) is 4.30. The van der Waals surface area contributed by atoms with Crippen LogP contribution in [0.3, 0.4) is 0 Å². The van der Waals surface area contributed by atoms with Gasteiger partial charge in [-0.2, -0.15) is 5.10 Å². The van der Waals surface area contributed by atoms with E-state index in [0.717, 1.165) is 23.8 Å². The van der Waals surface area contributed by atoms with Crippen LogP contribution in [0.4, 0.5) is 0 Å². The summed E-state index contributed by atoms with van der Waals surface area (Å²) in [7, 11) is 1.90. The average Bonchev–Trinajstić information content (AvgIpc) is 2.83. The standard InChI is InChI=1S/C11H17N5/c1-4-16-6-5-13-11(16)10(12)9-7-8(2)14-15(9)3/h5-7,10H,4,12H2,1-3H3. The van der Waals surface area contributed by atoms with Gasteiger partial charge in [0.15, 0.2) is 0 Å². The first-order valence-corrected chi connectivity index (χ1v) is 5.40. The molecule has 1 unspecified atom stereocenters. The fraction of sp³-hybridized carbons (Fsp3) is 0.455. The zero-order chi connectivity index (χ0) is 11.7. The number of aryl methyl sites for hydroxylation is 3. The second-order valence-corrected chi connectivity index (χ2v) is 3.88. The maximum Gasteiger partial charge on any atom is 0.131 e. The molecule has 5 heteroatoms. The molecule has 0 bridgehead atoms. The summed E-state index contributed by atoms with van der Waals surface area (Å²) in [6, 6.07) is 1.78. The summed E-state index contributed by atoms with van der Waals surface area (Å²) in [5.41, 5.74) is 8.17. The predicted molar refractivity (Wildman–Crippen MR) is 61.9 cm³/mol. The summed E-state index contributed by atoms with van der Waals surface area (Å²) in [5.74, 6) is 0.880. The molecule has 86 valence electrons. The third kappa shape index (κ3) is 1.74. The lowest BCUT2D eigenvalue weighted by molar-refractivity contribution is 0.607. The van der Waals surface area contributed by atoms with Crippen LogP contribution < -0.4 is 5.73 Å². The van der Waals surface area contributed by atoms with Crippen molar-refractivity contribution in [3.63, 3.8) is 0 Å². The lowest BCUT2D eigenvalue weighted by atomic mass is 10.2. The fourth-order valence-electron chi connectivity index (χ4n) is 1.92. The molecule has 1 atom stereocenters. The highest BCUT2D eigenvalue weighted by atomic mass is 15.3. The largest absolute Gasteiger partial charge is 0.334 e. The van der Waals surface area contributed by atoms with Gasteiger partial charge in [0.25, 0.3) is 0 Å². The first-order chi connectivity index (χ1) is 7.63. The van der Waals surface area contributed by atoms with Gasteiger partial charge < -0.3 is 10.3 Å². The van der Waals surface area contributed by atoms with Gasteiger partial charge >= 0.3 is 0 Å². The van der Waals surface area contributed by atoms with E-state index in [4.69, 9.17) is 5.73 Å². The maximum atomic E-state index is 6.21. The highest BCUT2D eigenvalue weighted by molar-refractivity contribution is 5.20. The smallest absolute Gasteiger partial charge is 0.131 e. The van der Waals surface area contributed by atoms with E-state index < -0.39 is 0 Å². The number of imidazole rings is 1. The maximum absolute atomic E-state index is 6.21. The van der Waals surface area contributed by atoms with E-state index in [1.165, 1.54) is 0 Å². The van der Waals surface area contributed by atoms with E-state index in [9.17, 15) is 0 Å². The van der Waals surface area contributed by atoms with Crippen LogP contribution in [-0.4, -0.2) is 19.3 Å². The van der Waals surface area contributed by atoms with Gasteiger partial charge in [0.2, 0.25) is 0 Å². The molecule has 0 aromatic carbocycles. The Bertz CT molecular complexity index is 482. The summed E-state index contributed by atoms with van der Waals surface area (Å²) in [4.78, 5) is 4.31. The zero-order valence-electron chi connectivity index (χ0n) is 9.88. The molecule has 16 heavy (non-hydrogen) atoms. The molecule has 0 radical (unpaired) electrons. The van der Waals surface area contributed by atoms with Crippen molar-refractivity contribution in [3.8, 4) is 0 Å². The molecular formula is C11H17N5. The summed E-state index contributed by atoms with van der Waals surface area (Å²) >= 11 is 0. The van der Waals surface area contributed by atoms with E-state index in [0.29, 0.717) is 0 Å². The highest BCUT2D eigenvalue weighted by Crippen LogP contribution is 2.18. The van der Waals surface area contributed by atoms with Crippen LogP contribution >= 0.6 is 0 Å². The van der Waals surface area contributed by atoms with Crippen LogP contribution in [0.15, 0.2) is 18.5 Å². The van der Waals surface area contributed by atoms with Gasteiger partial charge in [0.1, 0.15) is 11.9 Å². The first kappa shape index (κ1) is 10.9. The van der Waals surface area contributed by atoms with Crippen molar-refractivity contribution in [2.24, 2.45) is 12.8 Å². The molecule has 0 aliphatic heterocycles. The van der Waals surface area contributed by atoms with Gasteiger partial charge in [-0.05, 0) is 19.9 Å². The zero-order valence-corrected chi connectivity index (χ0v) is 9.88. The Labute approximate surface area is 94.9 Å². The molecule has 2 heterocycles. The van der Waals surface area contributed by atoms with Crippen LogP contribution in [-0.2, 0) is 13.6 Å². The van der Waals surface area contributed by atoms with E-state index in [-0.39, 0.29) is 6.04 Å². The molecule has 0 saturated heterocycles. The minimum Gasteiger partial charge on any atom is -0.334 e. The molecule has 0 amide bonds. The van der Waals surface area contributed by atoms with Crippen molar-refractivity contribution in [1.82, 2.24) is 19.3 Å². The topological polar surface area (TPSA) is 61.7 Å². The summed E-state index contributed by atoms with van der Waals surface area (Å²) in [6.07, 6.45) is 3.72. The van der Waals surface area contributed by atoms with E-state index in [1.54, 1.807) is 6.20 Å². The normalized spacial score (nSPS) is 13.0. The highest BCUT2D eigenvalue weighted by Gasteiger charge is 2.17. The van der Waals surface area contributed by atoms with Crippen molar-refractivity contribution in [1.29, 1.82) is 0 Å². The Morgan fingerprint density at radius 1 is 1.50 bits per heavy atom. The molecule has 0 aliphatic carbocycles. The van der Waals surface area contributed by atoms with Crippen molar-refractivity contribution < 1.29 is 0 Å². The Morgan fingerprint density at radius 2 is 2.25 bits per heavy atom. The Balaban J connectivity index is 2.38. The van der Waals surface area contributed by atoms with Gasteiger partial charge in [-0.25, -0.2) is 4.98 Å². The van der Waals surface area contributed by atoms with Gasteiger partial charge in [0.05, 0.1) is 11.4 Å². The molecule has 5 nitrogen and oxygen atoms in total. The SMILES string of the molecule is CCn1ccnc1C(N)c1cc(C)nn1C. The second-order valence-electron chi connectivity index (χ2n) is 3.88. The Morgan fingerprint density at radius 3 is 2.81 bits per heavy atom. The minimum absolute atomic E-state index is 0.221. The molecule has 0 aliphatic rings. The molecular weight excluding hydrogens is 202 g/mol. The van der Waals surface area contributed by atoms with Crippen molar-refractivity contribution in [2.45, 2.75) is 26.4 Å². The summed E-state index contributed by atoms with van der Waals surface area (Å²) in [6.45, 7) is 4.91. The van der Waals surface area contributed by atoms with Crippen LogP contribution in [0.5, 0.6) is 0 Å². The molecule has 2 aromatic rings. The lowest BCUT2D eigenvalue weighted by Crippen LogP contribution is -2.20. The van der Waals surface area contributed by atoms with E-state index in [1.807, 2.05) is 35.5 Å². The number of nitrogens with two attached hydrogens (primary N) is 1. The van der Waals surface area contributed by atoms with Crippen LogP contribution in [0.2, 0.25) is 0 Å². The van der Waals surface area contributed by atoms with Gasteiger partial charge in [-0.1, -0.05) is 0 Å². The van der Waals surface area contributed by atoms with Crippen molar-refractivity contribution >= 4 is 0 Å². The fourth-order valence-corrected chi connectivity index (χ4v) is 1.92. The van der Waals surface area contributed by atoms with E-state index >= 15 is 0 Å². The Hall–Kier alpha value is -1.62. The molecule has 0 spiro atoms. The number of nitrogens with zero attached hydrogens (tertiary/aromatic N) is 4. The van der Waals surface area contributed by atoms with Gasteiger partial charge in [-0.3, -0.25) is 4.68 Å². The van der Waals surface area contributed by atoms with E-state index in [2.05, 4.69) is 17.0 Å². The number of hydrogen-bond donors (Lipinski definition) is 1. The quantitative estimate of drug-likeness (QED) is 0.837. The monoisotopic (exact) mass is 219 g/mol. The van der Waals surface area contributed by atoms with Crippen molar-refractivity contribution in [3.05, 3.63) is 35.7 Å². The van der Waals surface area contributed by atoms with Crippen molar-refractivity contribution in [2.75, 3.05) is 0 Å². The third-order valence-electron chi connectivity index (χ3n) is 2.72. The average molecular weight is 219 g/mol. The molecule has 2 N–H and O–H groups in total. The van der Waals surface area contributed by atoms with Crippen LogP contribution in [0.25, 0.3) is 0 Å². The second kappa shape index (κ2) is 4.09. The number of aromatic nitrogens is 4. The lowest BCUT2D eigenvalue weighted by Gasteiger charge is -2.13. The molecule has 2 aromatic heterocycles. The van der Waals surface area contributed by atoms with Crippen LogP contribution in [0, 0.1) is 6.92 Å². The van der Waals surface area contributed by atoms with Gasteiger partial charge in [0, 0.05) is 26.0 Å². The van der Waals surface area contributed by atoms with Gasteiger partial charge in [-0.15, -0.1) is 0 Å². The minimum atomic E-state index is -0.221. The Kier molecular flexibility index (Phi) is 2.78. The molecule has 2 rings (SSSR count). The molecule has 0 fully saturated rings. The summed E-state index contributed by atoms with van der Waals surface area (Å²) < 4.78 is 3.86. The number of rotatable bonds is 3. The first-order valence-electron chi connectivity index (χ1n) is 5.40.